The molecule has 1 aromatic carbocycles. The van der Waals surface area contributed by atoms with E-state index in [0.717, 1.165) is 6.21 Å². The van der Waals surface area contributed by atoms with Crippen LogP contribution in [0.5, 0.6) is 5.75 Å². The number of carbonyl (C=O) groups is 1. The summed E-state index contributed by atoms with van der Waals surface area (Å²) < 4.78 is 4.98. The van der Waals surface area contributed by atoms with Crippen molar-refractivity contribution >= 4 is 12.2 Å². The molecule has 0 aromatic heterocycles. The summed E-state index contributed by atoms with van der Waals surface area (Å²) in [6.07, 6.45) is -0.461. The molecule has 2 N–H and O–H groups in total. The third-order valence-electron chi connectivity index (χ3n) is 1.40. The number of benzene rings is 1. The number of ether oxygens (including phenoxy) is 1. The lowest BCUT2D eigenvalue weighted by Gasteiger charge is -2.09. The minimum absolute atomic E-state index is 0.443. The number of rotatable bonds is 4. The van der Waals surface area contributed by atoms with Gasteiger partial charge in [-0.3, -0.25) is 0 Å². The molecule has 0 spiro atoms. The molecule has 0 bridgehead atoms. The average molecular weight is 179 g/mol. The molecule has 1 aromatic rings. The molecular weight excluding hydrogens is 170 g/mol. The molecule has 1 unspecified atom stereocenters. The van der Waals surface area contributed by atoms with Gasteiger partial charge in [0.2, 0.25) is 6.10 Å². The maximum atomic E-state index is 10.5. The van der Waals surface area contributed by atoms with Crippen LogP contribution in [0.4, 0.5) is 0 Å². The van der Waals surface area contributed by atoms with E-state index in [0.29, 0.717) is 5.75 Å². The highest BCUT2D eigenvalue weighted by Gasteiger charge is 2.15. The minimum Gasteiger partial charge on any atom is -0.478 e. The van der Waals surface area contributed by atoms with Gasteiger partial charge in [0.1, 0.15) is 5.75 Å². The van der Waals surface area contributed by atoms with Crippen molar-refractivity contribution in [3.8, 4) is 5.75 Å². The average Bonchev–Trinajstić information content (AvgIpc) is 2.15. The molecule has 0 saturated heterocycles. The first-order valence-corrected chi connectivity index (χ1v) is 3.69. The Morgan fingerprint density at radius 1 is 1.46 bits per heavy atom. The van der Waals surface area contributed by atoms with Gasteiger partial charge in [-0.25, -0.2) is 4.79 Å². The molecule has 0 aliphatic heterocycles. The third kappa shape index (κ3) is 2.59. The lowest BCUT2D eigenvalue weighted by atomic mass is 10.3. The summed E-state index contributed by atoms with van der Waals surface area (Å²) in [5, 5.41) is 15.4. The Kier molecular flexibility index (Phi) is 3.03. The van der Waals surface area contributed by atoms with E-state index in [1.165, 1.54) is 0 Å². The number of carboxylic acid groups (broad SMARTS) is 1. The van der Waals surface area contributed by atoms with E-state index in [1.54, 1.807) is 30.3 Å². The molecule has 0 fully saturated rings. The Bertz CT molecular complexity index is 297. The predicted molar refractivity (Wildman–Crippen MR) is 47.3 cm³/mol. The summed E-state index contributed by atoms with van der Waals surface area (Å²) in [6.45, 7) is 0. The topological polar surface area (TPSA) is 70.4 Å². The van der Waals surface area contributed by atoms with Crippen LogP contribution in [0.1, 0.15) is 0 Å². The van der Waals surface area contributed by atoms with Crippen LogP contribution in [0.3, 0.4) is 0 Å². The number of aliphatic carboxylic acids is 1. The first-order valence-electron chi connectivity index (χ1n) is 3.69. The van der Waals surface area contributed by atoms with Crippen LogP contribution in [0, 0.1) is 5.41 Å². The second kappa shape index (κ2) is 4.25. The van der Waals surface area contributed by atoms with Gasteiger partial charge < -0.3 is 15.3 Å². The largest absolute Gasteiger partial charge is 0.478 e. The summed E-state index contributed by atoms with van der Waals surface area (Å²) in [6, 6.07) is 8.54. The SMILES string of the molecule is N=CC(Oc1ccccc1)C(=O)O. The van der Waals surface area contributed by atoms with Crippen LogP contribution in [0.2, 0.25) is 0 Å². The van der Waals surface area contributed by atoms with Crippen molar-refractivity contribution in [1.29, 1.82) is 5.41 Å². The molecule has 0 radical (unpaired) electrons. The fourth-order valence-corrected chi connectivity index (χ4v) is 0.801. The molecule has 4 heteroatoms. The van der Waals surface area contributed by atoms with Crippen molar-refractivity contribution in [2.24, 2.45) is 0 Å². The molecule has 0 aliphatic rings. The van der Waals surface area contributed by atoms with Gasteiger partial charge in [0.15, 0.2) is 0 Å². The van der Waals surface area contributed by atoms with E-state index in [1.807, 2.05) is 0 Å². The number of hydrogen-bond acceptors (Lipinski definition) is 3. The van der Waals surface area contributed by atoms with E-state index in [9.17, 15) is 4.79 Å². The minimum atomic E-state index is -1.21. The van der Waals surface area contributed by atoms with E-state index < -0.39 is 12.1 Å². The van der Waals surface area contributed by atoms with Gasteiger partial charge in [-0.2, -0.15) is 0 Å². The number of hydrogen-bond donors (Lipinski definition) is 2. The quantitative estimate of drug-likeness (QED) is 0.681. The normalized spacial score (nSPS) is 11.7. The maximum Gasteiger partial charge on any atom is 0.350 e. The molecule has 0 amide bonds. The maximum absolute atomic E-state index is 10.5. The lowest BCUT2D eigenvalue weighted by Crippen LogP contribution is -2.27. The summed E-state index contributed by atoms with van der Waals surface area (Å²) >= 11 is 0. The van der Waals surface area contributed by atoms with Crippen LogP contribution in [0.25, 0.3) is 0 Å². The Morgan fingerprint density at radius 2 is 2.08 bits per heavy atom. The van der Waals surface area contributed by atoms with Crippen molar-refractivity contribution in [2.75, 3.05) is 0 Å². The molecule has 1 atom stereocenters. The summed E-state index contributed by atoms with van der Waals surface area (Å²) in [5.74, 6) is -0.725. The zero-order valence-corrected chi connectivity index (χ0v) is 6.81. The standard InChI is InChI=1S/C9H9NO3/c10-6-8(9(11)12)13-7-4-2-1-3-5-7/h1-6,8,10H,(H,11,12). The summed E-state index contributed by atoms with van der Waals surface area (Å²) in [5.41, 5.74) is 0. The summed E-state index contributed by atoms with van der Waals surface area (Å²) in [7, 11) is 0. The van der Waals surface area contributed by atoms with Crippen LogP contribution in [-0.4, -0.2) is 23.4 Å². The second-order valence-corrected chi connectivity index (χ2v) is 2.36. The van der Waals surface area contributed by atoms with Crippen LogP contribution in [0.15, 0.2) is 30.3 Å². The first-order chi connectivity index (χ1) is 6.24. The molecule has 0 saturated carbocycles. The molecular formula is C9H9NO3. The van der Waals surface area contributed by atoms with Crippen LogP contribution in [-0.2, 0) is 4.79 Å². The van der Waals surface area contributed by atoms with Gasteiger partial charge in [-0.15, -0.1) is 0 Å². The highest BCUT2D eigenvalue weighted by Crippen LogP contribution is 2.09. The van der Waals surface area contributed by atoms with Gasteiger partial charge in [-0.1, -0.05) is 18.2 Å². The number of para-hydroxylation sites is 1. The molecule has 68 valence electrons. The van der Waals surface area contributed by atoms with E-state index in [-0.39, 0.29) is 0 Å². The fraction of sp³-hybridized carbons (Fsp3) is 0.111. The number of nitrogens with one attached hydrogen (secondary N) is 1. The second-order valence-electron chi connectivity index (χ2n) is 2.36. The van der Waals surface area contributed by atoms with Crippen molar-refractivity contribution in [2.45, 2.75) is 6.10 Å². The lowest BCUT2D eigenvalue weighted by molar-refractivity contribution is -0.141. The van der Waals surface area contributed by atoms with Gasteiger partial charge in [-0.05, 0) is 12.1 Å². The van der Waals surface area contributed by atoms with Gasteiger partial charge in [0, 0.05) is 6.21 Å². The Labute approximate surface area is 75.3 Å². The zero-order chi connectivity index (χ0) is 9.68. The number of carboxylic acids is 1. The van der Waals surface area contributed by atoms with Crippen LogP contribution < -0.4 is 4.74 Å². The van der Waals surface area contributed by atoms with E-state index in [2.05, 4.69) is 0 Å². The molecule has 13 heavy (non-hydrogen) atoms. The Morgan fingerprint density at radius 3 is 2.54 bits per heavy atom. The molecule has 0 heterocycles. The van der Waals surface area contributed by atoms with Crippen molar-refractivity contribution in [1.82, 2.24) is 0 Å². The highest BCUT2D eigenvalue weighted by molar-refractivity contribution is 5.90. The summed E-state index contributed by atoms with van der Waals surface area (Å²) in [4.78, 5) is 10.5. The van der Waals surface area contributed by atoms with Gasteiger partial charge in [0.25, 0.3) is 0 Å². The first kappa shape index (κ1) is 9.25. The fourth-order valence-electron chi connectivity index (χ4n) is 0.801. The van der Waals surface area contributed by atoms with E-state index in [4.69, 9.17) is 15.3 Å². The molecule has 4 nitrogen and oxygen atoms in total. The Hall–Kier alpha value is -1.84. The van der Waals surface area contributed by atoms with Gasteiger partial charge >= 0.3 is 5.97 Å². The van der Waals surface area contributed by atoms with Crippen LogP contribution >= 0.6 is 0 Å². The molecule has 1 rings (SSSR count). The third-order valence-corrected chi connectivity index (χ3v) is 1.40. The smallest absolute Gasteiger partial charge is 0.350 e. The molecule has 0 aliphatic carbocycles. The van der Waals surface area contributed by atoms with Crippen molar-refractivity contribution in [3.63, 3.8) is 0 Å². The van der Waals surface area contributed by atoms with Gasteiger partial charge in [0.05, 0.1) is 0 Å². The van der Waals surface area contributed by atoms with Crippen molar-refractivity contribution < 1.29 is 14.6 Å². The predicted octanol–water partition coefficient (Wildman–Crippen LogP) is 1.17. The Balaban J connectivity index is 2.67. The van der Waals surface area contributed by atoms with Crippen molar-refractivity contribution in [3.05, 3.63) is 30.3 Å². The highest BCUT2D eigenvalue weighted by atomic mass is 16.5. The monoisotopic (exact) mass is 179 g/mol. The van der Waals surface area contributed by atoms with E-state index >= 15 is 0 Å². The zero-order valence-electron chi connectivity index (χ0n) is 6.81.